The Morgan fingerprint density at radius 1 is 1.05 bits per heavy atom. The zero-order chi connectivity index (χ0) is 26.4. The van der Waals surface area contributed by atoms with Gasteiger partial charge in [0.15, 0.2) is 11.6 Å². The van der Waals surface area contributed by atoms with Crippen LogP contribution in [0.3, 0.4) is 0 Å². The van der Waals surface area contributed by atoms with Crippen LogP contribution in [0.15, 0.2) is 60.1 Å². The summed E-state index contributed by atoms with van der Waals surface area (Å²) < 4.78 is 21.2. The molecule has 10 nitrogen and oxygen atoms in total. The summed E-state index contributed by atoms with van der Waals surface area (Å²) in [4.78, 5) is 33.1. The van der Waals surface area contributed by atoms with Crippen LogP contribution in [0.5, 0.6) is 0 Å². The third kappa shape index (κ3) is 4.27. The molecule has 0 spiro atoms. The van der Waals surface area contributed by atoms with Crippen molar-refractivity contribution in [2.75, 3.05) is 5.32 Å². The molecule has 0 aliphatic heterocycles. The van der Waals surface area contributed by atoms with Crippen LogP contribution in [0.25, 0.3) is 55.8 Å². The minimum Gasteiger partial charge on any atom is -0.472 e. The first-order valence-electron chi connectivity index (χ1n) is 11.9. The first-order chi connectivity index (χ1) is 18.3. The summed E-state index contributed by atoms with van der Waals surface area (Å²) in [6.45, 7) is 5.94. The molecule has 0 aliphatic carbocycles. The molecule has 0 atom stereocenters. The van der Waals surface area contributed by atoms with Crippen LogP contribution in [0.4, 0.5) is 10.1 Å². The highest BCUT2D eigenvalue weighted by molar-refractivity contribution is 5.98. The molecule has 6 aromatic heterocycles. The molecule has 0 fully saturated rings. The molecule has 0 aromatic carbocycles. The van der Waals surface area contributed by atoms with E-state index in [1.807, 2.05) is 26.8 Å². The summed E-state index contributed by atoms with van der Waals surface area (Å²) >= 11 is 0. The van der Waals surface area contributed by atoms with E-state index in [9.17, 15) is 4.79 Å². The van der Waals surface area contributed by atoms with E-state index in [2.05, 4.69) is 35.5 Å². The first kappa shape index (κ1) is 23.5. The number of imidazole rings is 1. The molecule has 3 N–H and O–H groups in total. The van der Waals surface area contributed by atoms with Gasteiger partial charge in [-0.3, -0.25) is 24.8 Å². The minimum absolute atomic E-state index is 0.0800. The number of carbonyl (C=O) groups excluding carboxylic acids is 1. The third-order valence-electron chi connectivity index (χ3n) is 5.98. The Labute approximate surface area is 215 Å². The number of fused-ring (bicyclic) bond motifs is 2. The topological polar surface area (TPSA) is 138 Å². The van der Waals surface area contributed by atoms with E-state index in [-0.39, 0.29) is 22.4 Å². The Kier molecular flexibility index (Phi) is 5.48. The fourth-order valence-electron chi connectivity index (χ4n) is 4.35. The lowest BCUT2D eigenvalue weighted by Crippen LogP contribution is -2.19. The number of aromatic amines is 2. The van der Waals surface area contributed by atoms with Gasteiger partial charge in [-0.05, 0) is 17.5 Å². The van der Waals surface area contributed by atoms with E-state index >= 15 is 4.39 Å². The Balaban J connectivity index is 1.40. The maximum Gasteiger partial charge on any atom is 0.224 e. The molecule has 1 amide bonds. The van der Waals surface area contributed by atoms with Crippen LogP contribution in [-0.4, -0.2) is 41.0 Å². The molecule has 0 radical (unpaired) electrons. The first-order valence-corrected chi connectivity index (χ1v) is 11.9. The number of amides is 1. The fourth-order valence-corrected chi connectivity index (χ4v) is 4.35. The highest BCUT2D eigenvalue weighted by Crippen LogP contribution is 2.34. The maximum atomic E-state index is 16.0. The van der Waals surface area contributed by atoms with E-state index in [0.717, 1.165) is 11.1 Å². The SMILES string of the molecule is CC(C)(C)CC(=O)Nc1cncc(-c2ncc3[nH]nc(-c4nc5c(-c6ccoc6)cncc5[nH]4)c3c2F)c1. The molecular formula is C27H23FN8O2. The van der Waals surface area contributed by atoms with Gasteiger partial charge in [0.25, 0.3) is 0 Å². The van der Waals surface area contributed by atoms with Crippen LogP contribution in [0.1, 0.15) is 27.2 Å². The van der Waals surface area contributed by atoms with Crippen molar-refractivity contribution >= 4 is 33.5 Å². The Morgan fingerprint density at radius 2 is 1.89 bits per heavy atom. The lowest BCUT2D eigenvalue weighted by molar-refractivity contribution is -0.117. The number of carbonyl (C=O) groups is 1. The number of anilines is 1. The van der Waals surface area contributed by atoms with E-state index in [1.165, 1.54) is 18.6 Å². The second kappa shape index (κ2) is 8.87. The molecule has 0 saturated heterocycles. The van der Waals surface area contributed by atoms with Gasteiger partial charge in [-0.1, -0.05) is 20.8 Å². The number of hydrogen-bond donors (Lipinski definition) is 3. The molecule has 190 valence electrons. The zero-order valence-corrected chi connectivity index (χ0v) is 20.8. The van der Waals surface area contributed by atoms with Crippen LogP contribution in [-0.2, 0) is 4.79 Å². The van der Waals surface area contributed by atoms with Crippen molar-refractivity contribution in [3.8, 4) is 33.9 Å². The Bertz CT molecular complexity index is 1800. The predicted molar refractivity (Wildman–Crippen MR) is 140 cm³/mol. The molecule has 6 rings (SSSR count). The smallest absolute Gasteiger partial charge is 0.224 e. The third-order valence-corrected chi connectivity index (χ3v) is 5.98. The summed E-state index contributed by atoms with van der Waals surface area (Å²) in [6.07, 6.45) is 11.4. The van der Waals surface area contributed by atoms with Crippen LogP contribution in [0.2, 0.25) is 0 Å². The standard InChI is InChI=1S/C27H23FN8O2/c1-27(2,3)7-20(37)32-16-6-15(8-29-9-16)23-22(28)21-18(12-31-23)35-36-25(21)26-33-19-11-30-10-17(24(19)34-26)14-4-5-38-13-14/h4-6,8-13H,7H2,1-3H3,(H,32,37)(H,33,34)(H,35,36). The van der Waals surface area contributed by atoms with Gasteiger partial charge in [-0.25, -0.2) is 9.37 Å². The second-order valence-corrected chi connectivity index (χ2v) is 10.2. The van der Waals surface area contributed by atoms with Crippen LogP contribution >= 0.6 is 0 Å². The van der Waals surface area contributed by atoms with Gasteiger partial charge >= 0.3 is 0 Å². The minimum atomic E-state index is -0.583. The average Bonchev–Trinajstić information content (AvgIpc) is 3.62. The number of nitrogens with zero attached hydrogens (tertiary/aromatic N) is 5. The van der Waals surface area contributed by atoms with Crippen molar-refractivity contribution in [1.82, 2.24) is 35.1 Å². The van der Waals surface area contributed by atoms with Gasteiger partial charge in [-0.2, -0.15) is 5.10 Å². The Hall–Kier alpha value is -4.93. The number of rotatable bonds is 5. The summed E-state index contributed by atoms with van der Waals surface area (Å²) in [7, 11) is 0. The molecule has 0 aliphatic rings. The number of H-pyrrole nitrogens is 2. The van der Waals surface area contributed by atoms with Crippen LogP contribution in [0, 0.1) is 11.2 Å². The van der Waals surface area contributed by atoms with Gasteiger partial charge in [-0.15, -0.1) is 0 Å². The predicted octanol–water partition coefficient (Wildman–Crippen LogP) is 5.73. The van der Waals surface area contributed by atoms with Crippen molar-refractivity contribution in [3.63, 3.8) is 0 Å². The second-order valence-electron chi connectivity index (χ2n) is 10.2. The van der Waals surface area contributed by atoms with Gasteiger partial charge in [0, 0.05) is 35.5 Å². The van der Waals surface area contributed by atoms with E-state index in [4.69, 9.17) is 9.40 Å². The van der Waals surface area contributed by atoms with Crippen molar-refractivity contribution in [2.24, 2.45) is 5.41 Å². The van der Waals surface area contributed by atoms with Crippen molar-refractivity contribution < 1.29 is 13.6 Å². The molecule has 0 saturated carbocycles. The zero-order valence-electron chi connectivity index (χ0n) is 20.8. The summed E-state index contributed by atoms with van der Waals surface area (Å²) in [6, 6.07) is 3.47. The van der Waals surface area contributed by atoms with Gasteiger partial charge in [0.05, 0.1) is 53.2 Å². The molecule has 38 heavy (non-hydrogen) atoms. The maximum absolute atomic E-state index is 16.0. The largest absolute Gasteiger partial charge is 0.472 e. The van der Waals surface area contributed by atoms with Gasteiger partial charge in [0.1, 0.15) is 16.9 Å². The highest BCUT2D eigenvalue weighted by atomic mass is 19.1. The number of halogens is 1. The number of aromatic nitrogens is 7. The quantitative estimate of drug-likeness (QED) is 0.269. The van der Waals surface area contributed by atoms with Gasteiger partial charge in [0.2, 0.25) is 5.91 Å². The molecule has 11 heteroatoms. The lowest BCUT2D eigenvalue weighted by atomic mass is 9.92. The van der Waals surface area contributed by atoms with E-state index in [1.54, 1.807) is 31.0 Å². The summed E-state index contributed by atoms with van der Waals surface area (Å²) in [5.41, 5.74) is 4.44. The van der Waals surface area contributed by atoms with Crippen molar-refractivity contribution in [3.05, 3.63) is 61.5 Å². The lowest BCUT2D eigenvalue weighted by Gasteiger charge is -2.17. The van der Waals surface area contributed by atoms with E-state index in [0.29, 0.717) is 45.7 Å². The normalized spacial score (nSPS) is 11.9. The summed E-state index contributed by atoms with van der Waals surface area (Å²) in [5.74, 6) is -0.354. The fraction of sp³-hybridized carbons (Fsp3) is 0.185. The van der Waals surface area contributed by atoms with Crippen LogP contribution < -0.4 is 5.32 Å². The highest BCUT2D eigenvalue weighted by Gasteiger charge is 2.22. The summed E-state index contributed by atoms with van der Waals surface area (Å²) in [5, 5.41) is 10.2. The van der Waals surface area contributed by atoms with E-state index < -0.39 is 5.82 Å². The number of hydrogen-bond acceptors (Lipinski definition) is 7. The molecular weight excluding hydrogens is 487 g/mol. The number of nitrogens with one attached hydrogen (secondary N) is 3. The molecule has 0 unspecified atom stereocenters. The molecule has 6 heterocycles. The van der Waals surface area contributed by atoms with Crippen molar-refractivity contribution in [2.45, 2.75) is 27.2 Å². The average molecular weight is 511 g/mol. The van der Waals surface area contributed by atoms with Gasteiger partial charge < -0.3 is 14.7 Å². The number of pyridine rings is 3. The Morgan fingerprint density at radius 3 is 2.68 bits per heavy atom. The molecule has 0 bridgehead atoms. The molecule has 6 aromatic rings. The number of furan rings is 1. The van der Waals surface area contributed by atoms with Crippen molar-refractivity contribution in [1.29, 1.82) is 0 Å². The monoisotopic (exact) mass is 510 g/mol.